The van der Waals surface area contributed by atoms with E-state index >= 15 is 0 Å². The van der Waals surface area contributed by atoms with E-state index in [2.05, 4.69) is 40.5 Å². The Morgan fingerprint density at radius 1 is 1.37 bits per heavy atom. The van der Waals surface area contributed by atoms with E-state index in [-0.39, 0.29) is 0 Å². The van der Waals surface area contributed by atoms with Gasteiger partial charge in [0.05, 0.1) is 12.0 Å². The molecule has 19 heavy (non-hydrogen) atoms. The van der Waals surface area contributed by atoms with Crippen molar-refractivity contribution in [2.45, 2.75) is 39.8 Å². The average molecular weight is 264 g/mol. The molecule has 1 saturated heterocycles. The van der Waals surface area contributed by atoms with Gasteiger partial charge in [-0.2, -0.15) is 0 Å². The van der Waals surface area contributed by atoms with Gasteiger partial charge in [0.25, 0.3) is 0 Å². The van der Waals surface area contributed by atoms with Crippen LogP contribution < -0.4 is 5.32 Å². The van der Waals surface area contributed by atoms with Gasteiger partial charge in [0.2, 0.25) is 0 Å². The van der Waals surface area contributed by atoms with Crippen LogP contribution in [0.5, 0.6) is 0 Å². The molecule has 1 aromatic rings. The smallest absolute Gasteiger partial charge is 0.0945 e. The molecule has 0 aromatic carbocycles. The topological polar surface area (TPSA) is 33.1 Å². The molecule has 1 aliphatic heterocycles. The molecule has 2 rings (SSSR count). The van der Waals surface area contributed by atoms with Crippen LogP contribution in [0.4, 0.5) is 0 Å². The summed E-state index contributed by atoms with van der Waals surface area (Å²) in [5.41, 5.74) is 1.24. The third-order valence-electron chi connectivity index (χ3n) is 4.02. The Kier molecular flexibility index (Phi) is 4.99. The number of hydrogen-bond acceptors (Lipinski definition) is 3. The highest BCUT2D eigenvalue weighted by Gasteiger charge is 2.22. The lowest BCUT2D eigenvalue weighted by molar-refractivity contribution is 0.130. The van der Waals surface area contributed by atoms with Crippen molar-refractivity contribution in [3.63, 3.8) is 0 Å². The van der Waals surface area contributed by atoms with E-state index in [1.54, 1.807) is 0 Å². The zero-order chi connectivity index (χ0) is 13.8. The van der Waals surface area contributed by atoms with Crippen molar-refractivity contribution in [3.8, 4) is 0 Å². The normalized spacial score (nSPS) is 26.5. The van der Waals surface area contributed by atoms with Crippen LogP contribution >= 0.6 is 0 Å². The Morgan fingerprint density at radius 3 is 2.63 bits per heavy atom. The van der Waals surface area contributed by atoms with Gasteiger partial charge in [-0.25, -0.2) is 4.98 Å². The molecule has 1 fully saturated rings. The summed E-state index contributed by atoms with van der Waals surface area (Å²) in [5.74, 6) is 1.68. The van der Waals surface area contributed by atoms with Gasteiger partial charge in [0, 0.05) is 45.5 Å². The summed E-state index contributed by atoms with van der Waals surface area (Å²) in [6, 6.07) is 0.521. The van der Waals surface area contributed by atoms with E-state index in [0.29, 0.717) is 6.04 Å². The summed E-state index contributed by atoms with van der Waals surface area (Å²) in [6.45, 7) is 11.6. The van der Waals surface area contributed by atoms with Crippen LogP contribution in [0, 0.1) is 11.8 Å². The van der Waals surface area contributed by atoms with Crippen molar-refractivity contribution in [1.82, 2.24) is 19.8 Å². The lowest BCUT2D eigenvalue weighted by Gasteiger charge is -2.36. The van der Waals surface area contributed by atoms with Gasteiger partial charge in [0.1, 0.15) is 0 Å². The van der Waals surface area contributed by atoms with Crippen molar-refractivity contribution in [2.75, 3.05) is 19.6 Å². The summed E-state index contributed by atoms with van der Waals surface area (Å²) >= 11 is 0. The minimum atomic E-state index is 0.521. The minimum absolute atomic E-state index is 0.521. The molecular formula is C15H28N4. The number of nitrogens with one attached hydrogen (secondary N) is 1. The van der Waals surface area contributed by atoms with E-state index in [0.717, 1.165) is 24.9 Å². The van der Waals surface area contributed by atoms with Crippen molar-refractivity contribution in [3.05, 3.63) is 18.2 Å². The summed E-state index contributed by atoms with van der Waals surface area (Å²) in [5, 5.41) is 3.60. The number of hydrogen-bond donors (Lipinski definition) is 1. The van der Waals surface area contributed by atoms with E-state index in [1.165, 1.54) is 25.2 Å². The molecule has 0 amide bonds. The number of rotatable bonds is 5. The van der Waals surface area contributed by atoms with Crippen LogP contribution in [0.1, 0.15) is 32.9 Å². The Labute approximate surface area is 117 Å². The summed E-state index contributed by atoms with van der Waals surface area (Å²) in [7, 11) is 2.04. The Morgan fingerprint density at radius 2 is 2.05 bits per heavy atom. The minimum Gasteiger partial charge on any atom is -0.337 e. The van der Waals surface area contributed by atoms with Crippen LogP contribution in [0.25, 0.3) is 0 Å². The SMILES string of the molecule is C[C@@H]1C[C@@H](C)CN(C[C@H](C)NCc2cncn2C)C1. The van der Waals surface area contributed by atoms with E-state index in [1.807, 2.05) is 19.6 Å². The highest BCUT2D eigenvalue weighted by atomic mass is 15.2. The Hall–Kier alpha value is -0.870. The monoisotopic (exact) mass is 264 g/mol. The number of imidazole rings is 1. The fraction of sp³-hybridized carbons (Fsp3) is 0.800. The standard InChI is InChI=1S/C15H28N4/c1-12-5-13(2)9-19(8-12)10-14(3)17-7-15-6-16-11-18(15)4/h6,11-14,17H,5,7-10H2,1-4H3/t12-,13-,14+/m1/s1. The predicted octanol–water partition coefficient (Wildman–Crippen LogP) is 1.88. The quantitative estimate of drug-likeness (QED) is 0.881. The Bertz CT molecular complexity index is 377. The van der Waals surface area contributed by atoms with Gasteiger partial charge in [-0.05, 0) is 25.2 Å². The van der Waals surface area contributed by atoms with Gasteiger partial charge in [-0.3, -0.25) is 0 Å². The summed E-state index contributed by atoms with van der Waals surface area (Å²) in [4.78, 5) is 6.76. The van der Waals surface area contributed by atoms with Gasteiger partial charge in [0.15, 0.2) is 0 Å². The van der Waals surface area contributed by atoms with Crippen molar-refractivity contribution < 1.29 is 0 Å². The largest absolute Gasteiger partial charge is 0.337 e. The molecule has 2 heterocycles. The second-order valence-electron chi connectivity index (χ2n) is 6.44. The Balaban J connectivity index is 1.75. The lowest BCUT2D eigenvalue weighted by Crippen LogP contribution is -2.45. The first kappa shape index (κ1) is 14.5. The first-order chi connectivity index (χ1) is 9.04. The van der Waals surface area contributed by atoms with Crippen molar-refractivity contribution in [2.24, 2.45) is 18.9 Å². The maximum atomic E-state index is 4.15. The van der Waals surface area contributed by atoms with Crippen LogP contribution in [0.15, 0.2) is 12.5 Å². The van der Waals surface area contributed by atoms with Crippen LogP contribution in [-0.2, 0) is 13.6 Å². The molecule has 0 bridgehead atoms. The molecule has 1 aliphatic rings. The van der Waals surface area contributed by atoms with E-state index in [4.69, 9.17) is 0 Å². The summed E-state index contributed by atoms with van der Waals surface area (Å²) in [6.07, 6.45) is 5.17. The molecule has 0 spiro atoms. The maximum absolute atomic E-state index is 4.15. The van der Waals surface area contributed by atoms with E-state index < -0.39 is 0 Å². The third-order valence-corrected chi connectivity index (χ3v) is 4.02. The fourth-order valence-corrected chi connectivity index (χ4v) is 3.23. The van der Waals surface area contributed by atoms with E-state index in [9.17, 15) is 0 Å². The molecule has 0 saturated carbocycles. The van der Waals surface area contributed by atoms with Gasteiger partial charge >= 0.3 is 0 Å². The molecule has 1 N–H and O–H groups in total. The number of piperidine rings is 1. The van der Waals surface area contributed by atoms with Crippen molar-refractivity contribution >= 4 is 0 Å². The predicted molar refractivity (Wildman–Crippen MR) is 78.9 cm³/mol. The van der Waals surface area contributed by atoms with Crippen LogP contribution in [-0.4, -0.2) is 40.1 Å². The molecule has 3 atom stereocenters. The van der Waals surface area contributed by atoms with Gasteiger partial charge < -0.3 is 14.8 Å². The third kappa shape index (κ3) is 4.32. The highest BCUT2D eigenvalue weighted by molar-refractivity contribution is 4.97. The lowest BCUT2D eigenvalue weighted by atomic mass is 9.92. The molecule has 0 aliphatic carbocycles. The van der Waals surface area contributed by atoms with Gasteiger partial charge in [-0.15, -0.1) is 0 Å². The van der Waals surface area contributed by atoms with Crippen LogP contribution in [0.2, 0.25) is 0 Å². The number of nitrogens with zero attached hydrogens (tertiary/aromatic N) is 3. The molecule has 4 nitrogen and oxygen atoms in total. The maximum Gasteiger partial charge on any atom is 0.0945 e. The molecule has 1 aromatic heterocycles. The average Bonchev–Trinajstić information content (AvgIpc) is 2.71. The number of aromatic nitrogens is 2. The molecule has 0 radical (unpaired) electrons. The second kappa shape index (κ2) is 6.53. The molecular weight excluding hydrogens is 236 g/mol. The first-order valence-electron chi connectivity index (χ1n) is 7.45. The fourth-order valence-electron chi connectivity index (χ4n) is 3.23. The zero-order valence-electron chi connectivity index (χ0n) is 12.8. The number of aryl methyl sites for hydroxylation is 1. The zero-order valence-corrected chi connectivity index (χ0v) is 12.8. The summed E-state index contributed by atoms with van der Waals surface area (Å²) < 4.78 is 2.07. The molecule has 108 valence electrons. The van der Waals surface area contributed by atoms with Crippen LogP contribution in [0.3, 0.4) is 0 Å². The van der Waals surface area contributed by atoms with Crippen molar-refractivity contribution in [1.29, 1.82) is 0 Å². The first-order valence-corrected chi connectivity index (χ1v) is 7.45. The number of likely N-dealkylation sites (tertiary alicyclic amines) is 1. The molecule has 4 heteroatoms. The van der Waals surface area contributed by atoms with Gasteiger partial charge in [-0.1, -0.05) is 13.8 Å². The molecule has 0 unspecified atom stereocenters. The highest BCUT2D eigenvalue weighted by Crippen LogP contribution is 2.20. The second-order valence-corrected chi connectivity index (χ2v) is 6.44.